The molecule has 1 saturated heterocycles. The third-order valence-corrected chi connectivity index (χ3v) is 4.34. The number of nitrogens with zero attached hydrogens (tertiary/aromatic N) is 1. The maximum absolute atomic E-state index is 12.8. The summed E-state index contributed by atoms with van der Waals surface area (Å²) < 4.78 is 5.14. The minimum absolute atomic E-state index is 0.227. The van der Waals surface area contributed by atoms with E-state index in [2.05, 4.69) is 5.32 Å². The molecular weight excluding hydrogens is 316 g/mol. The van der Waals surface area contributed by atoms with Crippen LogP contribution in [0.2, 0.25) is 0 Å². The van der Waals surface area contributed by atoms with E-state index in [0.29, 0.717) is 5.75 Å². The molecule has 5 heteroatoms. The van der Waals surface area contributed by atoms with E-state index in [1.807, 2.05) is 42.5 Å². The number of hydrogen-bond donors (Lipinski definition) is 1. The van der Waals surface area contributed by atoms with E-state index in [1.165, 1.54) is 4.90 Å². The number of ether oxygens (including phenoxy) is 1. The van der Waals surface area contributed by atoms with Gasteiger partial charge in [0.2, 0.25) is 0 Å². The number of rotatable bonds is 5. The van der Waals surface area contributed by atoms with Crippen molar-refractivity contribution >= 4 is 18.0 Å². The molecule has 0 bridgehead atoms. The average Bonchev–Trinajstić information content (AvgIpc) is 2.86. The van der Waals surface area contributed by atoms with Crippen molar-refractivity contribution in [3.05, 3.63) is 71.8 Å². The molecule has 0 radical (unpaired) electrons. The average molecular weight is 336 g/mol. The fourth-order valence-electron chi connectivity index (χ4n) is 2.84. The van der Waals surface area contributed by atoms with Crippen molar-refractivity contribution in [2.75, 3.05) is 13.7 Å². The van der Waals surface area contributed by atoms with E-state index >= 15 is 0 Å². The Balaban J connectivity index is 1.76. The highest BCUT2D eigenvalue weighted by Crippen LogP contribution is 2.29. The first-order valence-electron chi connectivity index (χ1n) is 8.05. The van der Waals surface area contributed by atoms with Gasteiger partial charge < -0.3 is 10.1 Å². The van der Waals surface area contributed by atoms with Gasteiger partial charge in [-0.25, -0.2) is 4.79 Å². The summed E-state index contributed by atoms with van der Waals surface area (Å²) in [4.78, 5) is 26.3. The van der Waals surface area contributed by atoms with Crippen molar-refractivity contribution < 1.29 is 14.3 Å². The van der Waals surface area contributed by atoms with Crippen LogP contribution in [0.25, 0.3) is 6.08 Å². The maximum Gasteiger partial charge on any atom is 0.325 e. The monoisotopic (exact) mass is 336 g/mol. The van der Waals surface area contributed by atoms with Crippen LogP contribution < -0.4 is 10.1 Å². The lowest BCUT2D eigenvalue weighted by Gasteiger charge is -2.22. The Labute approximate surface area is 146 Å². The largest absolute Gasteiger partial charge is 0.497 e. The standard InChI is InChI=1S/C20H20N2O3/c1-20(16-10-12-17(25-2)13-11-16)18(23)22(19(24)21-20)14-6-9-15-7-4-3-5-8-15/h3-13H,14H2,1-2H3,(H,21,24). The first-order valence-corrected chi connectivity index (χ1v) is 8.05. The first-order chi connectivity index (χ1) is 12.0. The fourth-order valence-corrected chi connectivity index (χ4v) is 2.84. The van der Waals surface area contributed by atoms with Gasteiger partial charge in [-0.15, -0.1) is 0 Å². The molecule has 128 valence electrons. The van der Waals surface area contributed by atoms with E-state index in [9.17, 15) is 9.59 Å². The quantitative estimate of drug-likeness (QED) is 0.853. The number of carbonyl (C=O) groups excluding carboxylic acids is 2. The summed E-state index contributed by atoms with van der Waals surface area (Å²) >= 11 is 0. The van der Waals surface area contributed by atoms with Crippen LogP contribution in [0.4, 0.5) is 4.79 Å². The van der Waals surface area contributed by atoms with E-state index in [1.54, 1.807) is 38.3 Å². The third kappa shape index (κ3) is 3.26. The highest BCUT2D eigenvalue weighted by atomic mass is 16.5. The van der Waals surface area contributed by atoms with Crippen molar-refractivity contribution in [2.45, 2.75) is 12.5 Å². The van der Waals surface area contributed by atoms with Crippen LogP contribution in [-0.4, -0.2) is 30.5 Å². The van der Waals surface area contributed by atoms with Gasteiger partial charge in [0.1, 0.15) is 11.3 Å². The molecule has 1 fully saturated rings. The van der Waals surface area contributed by atoms with Crippen LogP contribution in [0, 0.1) is 0 Å². The molecule has 2 aromatic carbocycles. The summed E-state index contributed by atoms with van der Waals surface area (Å²) in [7, 11) is 1.58. The van der Waals surface area contributed by atoms with Crippen molar-refractivity contribution in [1.29, 1.82) is 0 Å². The van der Waals surface area contributed by atoms with Gasteiger partial charge in [-0.3, -0.25) is 9.69 Å². The zero-order valence-electron chi connectivity index (χ0n) is 14.2. The molecule has 2 aromatic rings. The molecule has 0 aliphatic carbocycles. The minimum atomic E-state index is -1.07. The van der Waals surface area contributed by atoms with Crippen LogP contribution >= 0.6 is 0 Å². The maximum atomic E-state index is 12.8. The number of hydrogen-bond acceptors (Lipinski definition) is 3. The second-order valence-corrected chi connectivity index (χ2v) is 6.01. The molecule has 0 spiro atoms. The van der Waals surface area contributed by atoms with Gasteiger partial charge in [-0.05, 0) is 30.2 Å². The molecule has 3 amide bonds. The van der Waals surface area contributed by atoms with Gasteiger partial charge >= 0.3 is 6.03 Å². The van der Waals surface area contributed by atoms with Gasteiger partial charge in [0, 0.05) is 6.54 Å². The molecule has 1 aliphatic heterocycles. The molecule has 1 unspecified atom stereocenters. The molecule has 1 heterocycles. The third-order valence-electron chi connectivity index (χ3n) is 4.34. The van der Waals surface area contributed by atoms with Gasteiger partial charge in [0.25, 0.3) is 5.91 Å². The summed E-state index contributed by atoms with van der Waals surface area (Å²) in [5.41, 5.74) is 0.679. The van der Waals surface area contributed by atoms with E-state index in [0.717, 1.165) is 11.1 Å². The number of methoxy groups -OCH3 is 1. The fraction of sp³-hybridized carbons (Fsp3) is 0.200. The number of benzene rings is 2. The molecule has 0 aromatic heterocycles. The Morgan fingerprint density at radius 2 is 1.76 bits per heavy atom. The minimum Gasteiger partial charge on any atom is -0.497 e. The Morgan fingerprint density at radius 1 is 1.08 bits per heavy atom. The molecule has 0 saturated carbocycles. The summed E-state index contributed by atoms with van der Waals surface area (Å²) in [6.07, 6.45) is 3.70. The predicted molar refractivity (Wildman–Crippen MR) is 96.1 cm³/mol. The molecule has 1 atom stereocenters. The normalized spacial score (nSPS) is 20.2. The number of carbonyl (C=O) groups is 2. The molecule has 1 aliphatic rings. The first kappa shape index (κ1) is 16.8. The molecule has 3 rings (SSSR count). The Hall–Kier alpha value is -3.08. The molecule has 5 nitrogen and oxygen atoms in total. The lowest BCUT2D eigenvalue weighted by molar-refractivity contribution is -0.130. The van der Waals surface area contributed by atoms with Crippen LogP contribution in [-0.2, 0) is 10.3 Å². The number of imide groups is 1. The van der Waals surface area contributed by atoms with Crippen molar-refractivity contribution in [2.24, 2.45) is 0 Å². The number of urea groups is 1. The van der Waals surface area contributed by atoms with Crippen LogP contribution in [0.15, 0.2) is 60.7 Å². The Kier molecular flexibility index (Phi) is 4.57. The van der Waals surface area contributed by atoms with Gasteiger partial charge in [0.15, 0.2) is 0 Å². The topological polar surface area (TPSA) is 58.6 Å². The van der Waals surface area contributed by atoms with Crippen LogP contribution in [0.1, 0.15) is 18.1 Å². The zero-order valence-corrected chi connectivity index (χ0v) is 14.2. The summed E-state index contributed by atoms with van der Waals surface area (Å²) in [6.45, 7) is 1.95. The van der Waals surface area contributed by atoms with E-state index < -0.39 is 5.54 Å². The lowest BCUT2D eigenvalue weighted by atomic mass is 9.92. The van der Waals surface area contributed by atoms with E-state index in [4.69, 9.17) is 4.74 Å². The molecule has 1 N–H and O–H groups in total. The number of nitrogens with one attached hydrogen (secondary N) is 1. The Morgan fingerprint density at radius 3 is 2.40 bits per heavy atom. The van der Waals surface area contributed by atoms with Crippen molar-refractivity contribution in [3.8, 4) is 5.75 Å². The van der Waals surface area contributed by atoms with Crippen LogP contribution in [0.3, 0.4) is 0 Å². The van der Waals surface area contributed by atoms with Gasteiger partial charge in [-0.1, -0.05) is 54.6 Å². The zero-order chi connectivity index (χ0) is 17.9. The SMILES string of the molecule is COc1ccc(C2(C)NC(=O)N(CC=Cc3ccccc3)C2=O)cc1. The number of amides is 3. The van der Waals surface area contributed by atoms with Gasteiger partial charge in [-0.2, -0.15) is 0 Å². The summed E-state index contributed by atoms with van der Waals surface area (Å²) in [6, 6.07) is 16.5. The Bertz CT molecular complexity index is 799. The molecular formula is C20H20N2O3. The second-order valence-electron chi connectivity index (χ2n) is 6.01. The highest BCUT2D eigenvalue weighted by Gasteiger charge is 2.48. The summed E-state index contributed by atoms with van der Waals surface area (Å²) in [5.74, 6) is 0.437. The lowest BCUT2D eigenvalue weighted by Crippen LogP contribution is -2.40. The van der Waals surface area contributed by atoms with Crippen molar-refractivity contribution in [1.82, 2.24) is 10.2 Å². The predicted octanol–water partition coefficient (Wildman–Crippen LogP) is 3.18. The van der Waals surface area contributed by atoms with E-state index in [-0.39, 0.29) is 18.5 Å². The smallest absolute Gasteiger partial charge is 0.325 e. The van der Waals surface area contributed by atoms with Crippen LogP contribution in [0.5, 0.6) is 5.75 Å². The summed E-state index contributed by atoms with van der Waals surface area (Å²) in [5, 5.41) is 2.80. The molecule has 25 heavy (non-hydrogen) atoms. The van der Waals surface area contributed by atoms with Gasteiger partial charge in [0.05, 0.1) is 7.11 Å². The second kappa shape index (κ2) is 6.81. The van der Waals surface area contributed by atoms with Crippen molar-refractivity contribution in [3.63, 3.8) is 0 Å². The highest BCUT2D eigenvalue weighted by molar-refractivity contribution is 6.07.